The maximum absolute atomic E-state index is 8.75. The van der Waals surface area contributed by atoms with Gasteiger partial charge < -0.3 is 0 Å². The number of benzene rings is 1. The molecule has 0 saturated heterocycles. The molecular weight excluding hydrogens is 232 g/mol. The van der Waals surface area contributed by atoms with E-state index in [-0.39, 0.29) is 0 Å². The standard InChI is InChI=1S/C17H18N2/c1-2-3-4-5-14-6-9-16(10-7-14)17-11-8-15(12-18)13-19-17/h6-11,13H,2-5H2,1H3. The second-order valence-electron chi connectivity index (χ2n) is 4.70. The van der Waals surface area contributed by atoms with Gasteiger partial charge in [-0.2, -0.15) is 5.26 Å². The van der Waals surface area contributed by atoms with E-state index in [0.29, 0.717) is 5.56 Å². The minimum atomic E-state index is 0.597. The van der Waals surface area contributed by atoms with Gasteiger partial charge in [0, 0.05) is 11.8 Å². The first-order chi connectivity index (χ1) is 9.33. The van der Waals surface area contributed by atoms with Crippen molar-refractivity contribution in [1.29, 1.82) is 5.26 Å². The van der Waals surface area contributed by atoms with Crippen LogP contribution in [0, 0.1) is 11.3 Å². The summed E-state index contributed by atoms with van der Waals surface area (Å²) in [5.41, 5.74) is 3.99. The highest BCUT2D eigenvalue weighted by molar-refractivity contribution is 5.59. The van der Waals surface area contributed by atoms with Crippen LogP contribution in [0.25, 0.3) is 11.3 Å². The quantitative estimate of drug-likeness (QED) is 0.739. The summed E-state index contributed by atoms with van der Waals surface area (Å²) < 4.78 is 0. The van der Waals surface area contributed by atoms with Crippen molar-refractivity contribution in [3.63, 3.8) is 0 Å². The van der Waals surface area contributed by atoms with Crippen LogP contribution >= 0.6 is 0 Å². The summed E-state index contributed by atoms with van der Waals surface area (Å²) in [6, 6.07) is 14.3. The molecule has 2 nitrogen and oxygen atoms in total. The average Bonchev–Trinajstić information content (AvgIpc) is 2.48. The molecule has 0 saturated carbocycles. The number of rotatable bonds is 5. The lowest BCUT2D eigenvalue weighted by Gasteiger charge is -2.04. The number of nitriles is 1. The second-order valence-corrected chi connectivity index (χ2v) is 4.70. The molecule has 0 atom stereocenters. The van der Waals surface area contributed by atoms with Crippen molar-refractivity contribution in [2.45, 2.75) is 32.6 Å². The van der Waals surface area contributed by atoms with Crippen molar-refractivity contribution in [2.75, 3.05) is 0 Å². The van der Waals surface area contributed by atoms with E-state index in [2.05, 4.69) is 42.2 Å². The molecular formula is C17H18N2. The zero-order valence-corrected chi connectivity index (χ0v) is 11.3. The number of unbranched alkanes of at least 4 members (excludes halogenated alkanes) is 2. The highest BCUT2D eigenvalue weighted by Crippen LogP contribution is 2.18. The third-order valence-corrected chi connectivity index (χ3v) is 3.21. The van der Waals surface area contributed by atoms with Crippen LogP contribution in [-0.4, -0.2) is 4.98 Å². The third kappa shape index (κ3) is 3.66. The van der Waals surface area contributed by atoms with Crippen molar-refractivity contribution in [2.24, 2.45) is 0 Å². The number of pyridine rings is 1. The molecule has 0 bridgehead atoms. The predicted octanol–water partition coefficient (Wildman–Crippen LogP) is 4.35. The topological polar surface area (TPSA) is 36.7 Å². The molecule has 0 spiro atoms. The Morgan fingerprint density at radius 2 is 1.84 bits per heavy atom. The lowest BCUT2D eigenvalue weighted by Crippen LogP contribution is -1.88. The summed E-state index contributed by atoms with van der Waals surface area (Å²) in [6.45, 7) is 2.22. The molecule has 19 heavy (non-hydrogen) atoms. The smallest absolute Gasteiger partial charge is 0.101 e. The number of aromatic nitrogens is 1. The fraction of sp³-hybridized carbons (Fsp3) is 0.294. The van der Waals surface area contributed by atoms with Crippen molar-refractivity contribution >= 4 is 0 Å². The Kier molecular flexibility index (Phi) is 4.69. The van der Waals surface area contributed by atoms with Crippen LogP contribution in [0.15, 0.2) is 42.6 Å². The molecule has 1 heterocycles. The first-order valence-corrected chi connectivity index (χ1v) is 6.79. The summed E-state index contributed by atoms with van der Waals surface area (Å²) in [5.74, 6) is 0. The first-order valence-electron chi connectivity index (χ1n) is 6.79. The second kappa shape index (κ2) is 6.70. The molecule has 0 unspecified atom stereocenters. The van der Waals surface area contributed by atoms with Gasteiger partial charge in [0.25, 0.3) is 0 Å². The molecule has 2 aromatic rings. The Hall–Kier alpha value is -2.14. The van der Waals surface area contributed by atoms with Gasteiger partial charge in [0.05, 0.1) is 11.3 Å². The van der Waals surface area contributed by atoms with E-state index in [1.807, 2.05) is 6.07 Å². The van der Waals surface area contributed by atoms with Crippen molar-refractivity contribution in [3.8, 4) is 17.3 Å². The van der Waals surface area contributed by atoms with E-state index in [9.17, 15) is 0 Å². The lowest BCUT2D eigenvalue weighted by molar-refractivity contribution is 0.717. The Morgan fingerprint density at radius 1 is 1.05 bits per heavy atom. The van der Waals surface area contributed by atoms with E-state index in [4.69, 9.17) is 5.26 Å². The fourth-order valence-corrected chi connectivity index (χ4v) is 2.05. The number of nitrogens with zero attached hydrogens (tertiary/aromatic N) is 2. The van der Waals surface area contributed by atoms with Crippen molar-refractivity contribution in [3.05, 3.63) is 53.7 Å². The van der Waals surface area contributed by atoms with Crippen LogP contribution in [0.4, 0.5) is 0 Å². The highest BCUT2D eigenvalue weighted by Gasteiger charge is 2.00. The Morgan fingerprint density at radius 3 is 2.42 bits per heavy atom. The Balaban J connectivity index is 2.07. The maximum atomic E-state index is 8.75. The van der Waals surface area contributed by atoms with Gasteiger partial charge >= 0.3 is 0 Å². The van der Waals surface area contributed by atoms with Crippen LogP contribution in [0.3, 0.4) is 0 Å². The van der Waals surface area contributed by atoms with Crippen LogP contribution in [0.2, 0.25) is 0 Å². The van der Waals surface area contributed by atoms with Gasteiger partial charge in [0.1, 0.15) is 6.07 Å². The zero-order chi connectivity index (χ0) is 13.5. The minimum absolute atomic E-state index is 0.597. The molecule has 0 aliphatic carbocycles. The minimum Gasteiger partial charge on any atom is -0.255 e. The molecule has 0 radical (unpaired) electrons. The van der Waals surface area contributed by atoms with E-state index >= 15 is 0 Å². The van der Waals surface area contributed by atoms with Gasteiger partial charge in [-0.25, -0.2) is 0 Å². The molecule has 1 aromatic heterocycles. The predicted molar refractivity (Wildman–Crippen MR) is 77.6 cm³/mol. The van der Waals surface area contributed by atoms with Crippen molar-refractivity contribution in [1.82, 2.24) is 4.98 Å². The first kappa shape index (κ1) is 13.3. The third-order valence-electron chi connectivity index (χ3n) is 3.21. The summed E-state index contributed by atoms with van der Waals surface area (Å²) >= 11 is 0. The molecule has 0 fully saturated rings. The monoisotopic (exact) mass is 250 g/mol. The fourth-order valence-electron chi connectivity index (χ4n) is 2.05. The van der Waals surface area contributed by atoms with Gasteiger partial charge in [0.2, 0.25) is 0 Å². The van der Waals surface area contributed by atoms with Crippen LogP contribution in [0.5, 0.6) is 0 Å². The molecule has 0 N–H and O–H groups in total. The molecule has 2 heteroatoms. The molecule has 0 aliphatic heterocycles. The molecule has 0 aliphatic rings. The summed E-state index contributed by atoms with van der Waals surface area (Å²) in [5, 5.41) is 8.75. The molecule has 0 amide bonds. The van der Waals surface area contributed by atoms with Gasteiger partial charge in [-0.05, 0) is 30.5 Å². The Labute approximate surface area is 114 Å². The largest absolute Gasteiger partial charge is 0.255 e. The average molecular weight is 250 g/mol. The summed E-state index contributed by atoms with van der Waals surface area (Å²) in [7, 11) is 0. The van der Waals surface area contributed by atoms with E-state index in [0.717, 1.165) is 17.7 Å². The molecule has 2 rings (SSSR count). The number of aryl methyl sites for hydroxylation is 1. The zero-order valence-electron chi connectivity index (χ0n) is 11.3. The van der Waals surface area contributed by atoms with Gasteiger partial charge in [0.15, 0.2) is 0 Å². The Bertz CT molecular complexity index is 547. The SMILES string of the molecule is CCCCCc1ccc(-c2ccc(C#N)cn2)cc1. The molecule has 96 valence electrons. The number of hydrogen-bond acceptors (Lipinski definition) is 2. The van der Waals surface area contributed by atoms with Crippen LogP contribution in [-0.2, 0) is 6.42 Å². The molecule has 1 aromatic carbocycles. The van der Waals surface area contributed by atoms with E-state index in [1.54, 1.807) is 12.3 Å². The number of hydrogen-bond donors (Lipinski definition) is 0. The maximum Gasteiger partial charge on any atom is 0.101 e. The van der Waals surface area contributed by atoms with E-state index in [1.165, 1.54) is 24.8 Å². The lowest BCUT2D eigenvalue weighted by atomic mass is 10.0. The van der Waals surface area contributed by atoms with Crippen molar-refractivity contribution < 1.29 is 0 Å². The highest BCUT2D eigenvalue weighted by atomic mass is 14.7. The van der Waals surface area contributed by atoms with Gasteiger partial charge in [-0.3, -0.25) is 4.98 Å². The summed E-state index contributed by atoms with van der Waals surface area (Å²) in [4.78, 5) is 4.30. The normalized spacial score (nSPS) is 10.1. The van der Waals surface area contributed by atoms with Crippen LogP contribution in [0.1, 0.15) is 37.3 Å². The summed E-state index contributed by atoms with van der Waals surface area (Å²) in [6.07, 6.45) is 6.57. The van der Waals surface area contributed by atoms with E-state index < -0.39 is 0 Å². The van der Waals surface area contributed by atoms with Gasteiger partial charge in [-0.15, -0.1) is 0 Å². The van der Waals surface area contributed by atoms with Gasteiger partial charge in [-0.1, -0.05) is 44.0 Å². The van der Waals surface area contributed by atoms with Crippen LogP contribution < -0.4 is 0 Å².